The van der Waals surface area contributed by atoms with Crippen LogP contribution in [0.5, 0.6) is 0 Å². The summed E-state index contributed by atoms with van der Waals surface area (Å²) in [5.41, 5.74) is 6.63. The SMILES string of the molecule is CCOC1CC(N)(CN(C)CC2CCCN2C)C1(C)C. The van der Waals surface area contributed by atoms with Gasteiger partial charge in [0.05, 0.1) is 6.10 Å². The Bertz CT molecular complexity index is 334. The molecular formula is C16H33N3O. The molecule has 4 nitrogen and oxygen atoms in total. The van der Waals surface area contributed by atoms with Crippen molar-refractivity contribution in [3.8, 4) is 0 Å². The highest BCUT2D eigenvalue weighted by molar-refractivity contribution is 5.14. The minimum Gasteiger partial charge on any atom is -0.378 e. The molecule has 2 fully saturated rings. The third-order valence-electron chi connectivity index (χ3n) is 5.75. The van der Waals surface area contributed by atoms with Gasteiger partial charge in [-0.1, -0.05) is 13.8 Å². The van der Waals surface area contributed by atoms with E-state index in [4.69, 9.17) is 10.5 Å². The Balaban J connectivity index is 1.86. The number of likely N-dealkylation sites (tertiary alicyclic amines) is 1. The van der Waals surface area contributed by atoms with Crippen LogP contribution in [0, 0.1) is 5.41 Å². The summed E-state index contributed by atoms with van der Waals surface area (Å²) in [7, 11) is 4.45. The third kappa shape index (κ3) is 2.89. The lowest BCUT2D eigenvalue weighted by molar-refractivity contribution is -0.155. The van der Waals surface area contributed by atoms with Crippen molar-refractivity contribution < 1.29 is 4.74 Å². The van der Waals surface area contributed by atoms with E-state index in [-0.39, 0.29) is 11.0 Å². The molecule has 1 aliphatic carbocycles. The highest BCUT2D eigenvalue weighted by Gasteiger charge is 2.58. The van der Waals surface area contributed by atoms with Crippen molar-refractivity contribution in [3.05, 3.63) is 0 Å². The molecule has 1 saturated heterocycles. The molecule has 0 spiro atoms. The summed E-state index contributed by atoms with van der Waals surface area (Å²) >= 11 is 0. The number of hydrogen-bond donors (Lipinski definition) is 1. The molecule has 2 rings (SSSR count). The molecule has 3 atom stereocenters. The number of likely N-dealkylation sites (N-methyl/N-ethyl adjacent to an activating group) is 2. The smallest absolute Gasteiger partial charge is 0.0662 e. The van der Waals surface area contributed by atoms with Crippen molar-refractivity contribution in [1.29, 1.82) is 0 Å². The molecule has 0 amide bonds. The Morgan fingerprint density at radius 1 is 1.40 bits per heavy atom. The van der Waals surface area contributed by atoms with Crippen molar-refractivity contribution in [3.63, 3.8) is 0 Å². The molecule has 2 N–H and O–H groups in total. The maximum atomic E-state index is 6.68. The van der Waals surface area contributed by atoms with Gasteiger partial charge in [-0.2, -0.15) is 0 Å². The first kappa shape index (κ1) is 16.2. The fourth-order valence-electron chi connectivity index (χ4n) is 3.89. The van der Waals surface area contributed by atoms with E-state index in [0.29, 0.717) is 12.1 Å². The van der Waals surface area contributed by atoms with Crippen molar-refractivity contribution in [2.75, 3.05) is 40.3 Å². The third-order valence-corrected chi connectivity index (χ3v) is 5.75. The van der Waals surface area contributed by atoms with Crippen LogP contribution in [0.4, 0.5) is 0 Å². The number of nitrogens with two attached hydrogens (primary N) is 1. The zero-order valence-corrected chi connectivity index (χ0v) is 14.0. The molecule has 0 radical (unpaired) electrons. The first-order valence-electron chi connectivity index (χ1n) is 8.09. The van der Waals surface area contributed by atoms with Gasteiger partial charge in [-0.05, 0) is 46.8 Å². The molecule has 0 aromatic carbocycles. The second kappa shape index (κ2) is 5.91. The highest BCUT2D eigenvalue weighted by Crippen LogP contribution is 2.49. The minimum atomic E-state index is -0.112. The van der Waals surface area contributed by atoms with E-state index < -0.39 is 0 Å². The molecule has 1 saturated carbocycles. The Morgan fingerprint density at radius 2 is 2.10 bits per heavy atom. The molecule has 4 heteroatoms. The first-order valence-corrected chi connectivity index (χ1v) is 8.09. The lowest BCUT2D eigenvalue weighted by Gasteiger charge is -2.60. The Hall–Kier alpha value is -0.160. The van der Waals surface area contributed by atoms with Crippen molar-refractivity contribution in [2.24, 2.45) is 11.1 Å². The molecule has 20 heavy (non-hydrogen) atoms. The van der Waals surface area contributed by atoms with E-state index in [0.717, 1.165) is 26.1 Å². The quantitative estimate of drug-likeness (QED) is 0.803. The maximum absolute atomic E-state index is 6.68. The Kier molecular flexibility index (Phi) is 4.80. The van der Waals surface area contributed by atoms with Crippen LogP contribution in [0.25, 0.3) is 0 Å². The molecule has 1 heterocycles. The van der Waals surface area contributed by atoms with E-state index in [9.17, 15) is 0 Å². The zero-order valence-electron chi connectivity index (χ0n) is 14.0. The van der Waals surface area contributed by atoms with Gasteiger partial charge in [0.2, 0.25) is 0 Å². The zero-order chi connectivity index (χ0) is 15.0. The Morgan fingerprint density at radius 3 is 2.60 bits per heavy atom. The van der Waals surface area contributed by atoms with Crippen LogP contribution in [0.15, 0.2) is 0 Å². The number of rotatable bonds is 6. The van der Waals surface area contributed by atoms with E-state index in [2.05, 4.69) is 44.7 Å². The lowest BCUT2D eigenvalue weighted by Crippen LogP contribution is -2.73. The van der Waals surface area contributed by atoms with Gasteiger partial charge >= 0.3 is 0 Å². The van der Waals surface area contributed by atoms with Gasteiger partial charge in [0.15, 0.2) is 0 Å². The van der Waals surface area contributed by atoms with E-state index in [1.165, 1.54) is 19.4 Å². The van der Waals surface area contributed by atoms with Crippen LogP contribution in [0.1, 0.15) is 40.0 Å². The largest absolute Gasteiger partial charge is 0.378 e. The van der Waals surface area contributed by atoms with Crippen molar-refractivity contribution in [1.82, 2.24) is 9.80 Å². The molecule has 0 aromatic heterocycles. The minimum absolute atomic E-state index is 0.0683. The maximum Gasteiger partial charge on any atom is 0.0662 e. The van der Waals surface area contributed by atoms with E-state index >= 15 is 0 Å². The topological polar surface area (TPSA) is 41.7 Å². The summed E-state index contributed by atoms with van der Waals surface area (Å²) in [6.07, 6.45) is 3.96. The summed E-state index contributed by atoms with van der Waals surface area (Å²) in [5, 5.41) is 0. The lowest BCUT2D eigenvalue weighted by atomic mass is 9.54. The highest BCUT2D eigenvalue weighted by atomic mass is 16.5. The average molecular weight is 283 g/mol. The second-order valence-electron chi connectivity index (χ2n) is 7.50. The van der Waals surface area contributed by atoms with Crippen molar-refractivity contribution >= 4 is 0 Å². The normalized spacial score (nSPS) is 37.4. The molecule has 2 aliphatic rings. The molecule has 118 valence electrons. The van der Waals surface area contributed by atoms with Crippen LogP contribution < -0.4 is 5.73 Å². The number of nitrogens with zero attached hydrogens (tertiary/aromatic N) is 2. The fraction of sp³-hybridized carbons (Fsp3) is 1.00. The fourth-order valence-corrected chi connectivity index (χ4v) is 3.89. The van der Waals surface area contributed by atoms with Gasteiger partial charge in [0.1, 0.15) is 0 Å². The van der Waals surface area contributed by atoms with Crippen LogP contribution in [-0.4, -0.2) is 67.8 Å². The van der Waals surface area contributed by atoms with Crippen LogP contribution in [0.2, 0.25) is 0 Å². The monoisotopic (exact) mass is 283 g/mol. The number of hydrogen-bond acceptors (Lipinski definition) is 4. The summed E-state index contributed by atoms with van der Waals surface area (Å²) in [5.74, 6) is 0. The second-order valence-corrected chi connectivity index (χ2v) is 7.50. The van der Waals surface area contributed by atoms with Crippen molar-refractivity contribution in [2.45, 2.75) is 57.7 Å². The standard InChI is InChI=1S/C16H33N3O/c1-6-20-14-10-16(17,15(14,2)3)12-18(4)11-13-8-7-9-19(13)5/h13-14H,6-12,17H2,1-5H3. The molecular weight excluding hydrogens is 250 g/mol. The first-order chi connectivity index (χ1) is 9.30. The number of ether oxygens (including phenoxy) is 1. The predicted molar refractivity (Wildman–Crippen MR) is 83.9 cm³/mol. The summed E-state index contributed by atoms with van der Waals surface area (Å²) in [6, 6.07) is 0.703. The van der Waals surface area contributed by atoms with Gasteiger partial charge in [-0.15, -0.1) is 0 Å². The predicted octanol–water partition coefficient (Wildman–Crippen LogP) is 1.54. The van der Waals surface area contributed by atoms with Gasteiger partial charge < -0.3 is 20.3 Å². The molecule has 0 aromatic rings. The van der Waals surface area contributed by atoms with Gasteiger partial charge in [-0.25, -0.2) is 0 Å². The van der Waals surface area contributed by atoms with E-state index in [1.807, 2.05) is 0 Å². The van der Waals surface area contributed by atoms with Crippen LogP contribution in [-0.2, 0) is 4.74 Å². The van der Waals surface area contributed by atoms with Gasteiger partial charge in [0.25, 0.3) is 0 Å². The van der Waals surface area contributed by atoms with Crippen LogP contribution in [0.3, 0.4) is 0 Å². The summed E-state index contributed by atoms with van der Waals surface area (Å²) in [6.45, 7) is 10.7. The van der Waals surface area contributed by atoms with E-state index in [1.54, 1.807) is 0 Å². The van der Waals surface area contributed by atoms with Gasteiger partial charge in [-0.3, -0.25) is 0 Å². The Labute approximate surface area is 124 Å². The van der Waals surface area contributed by atoms with Crippen LogP contribution >= 0.6 is 0 Å². The summed E-state index contributed by atoms with van der Waals surface area (Å²) in [4.78, 5) is 4.91. The summed E-state index contributed by atoms with van der Waals surface area (Å²) < 4.78 is 5.81. The van der Waals surface area contributed by atoms with Gasteiger partial charge in [0, 0.05) is 36.7 Å². The molecule has 3 unspecified atom stereocenters. The molecule has 1 aliphatic heterocycles. The molecule has 0 bridgehead atoms. The average Bonchev–Trinajstić information content (AvgIpc) is 2.74.